The maximum absolute atomic E-state index is 6.02. The molecule has 2 unspecified atom stereocenters. The number of hydrogen-bond donors (Lipinski definition) is 1. The van der Waals surface area contributed by atoms with Crippen molar-refractivity contribution in [2.75, 3.05) is 33.3 Å². The highest BCUT2D eigenvalue weighted by Gasteiger charge is 2.27. The highest BCUT2D eigenvalue weighted by atomic mass is 16.5. The molecule has 0 saturated carbocycles. The van der Waals surface area contributed by atoms with E-state index in [0.717, 1.165) is 32.5 Å². The molecule has 2 rings (SSSR count). The van der Waals surface area contributed by atoms with Gasteiger partial charge in [-0.15, -0.1) is 0 Å². The van der Waals surface area contributed by atoms with Gasteiger partial charge in [0.1, 0.15) is 0 Å². The molecule has 120 valence electrons. The number of ether oxygens (including phenoxy) is 1. The molecule has 1 fully saturated rings. The van der Waals surface area contributed by atoms with Gasteiger partial charge in [-0.3, -0.25) is 9.58 Å². The van der Waals surface area contributed by atoms with Gasteiger partial charge in [0.25, 0.3) is 0 Å². The fraction of sp³-hybridized carbons (Fsp3) is 0.812. The van der Waals surface area contributed by atoms with Crippen molar-refractivity contribution in [2.24, 2.45) is 7.05 Å². The summed E-state index contributed by atoms with van der Waals surface area (Å²) >= 11 is 0. The van der Waals surface area contributed by atoms with Crippen LogP contribution in [0.5, 0.6) is 0 Å². The van der Waals surface area contributed by atoms with E-state index < -0.39 is 0 Å². The summed E-state index contributed by atoms with van der Waals surface area (Å²) in [7, 11) is 4.07. The van der Waals surface area contributed by atoms with Crippen LogP contribution in [0.2, 0.25) is 0 Å². The lowest BCUT2D eigenvalue weighted by molar-refractivity contribution is -0.0453. The molecule has 5 heteroatoms. The van der Waals surface area contributed by atoms with Crippen LogP contribution in [0.25, 0.3) is 0 Å². The maximum atomic E-state index is 6.02. The van der Waals surface area contributed by atoms with Crippen LogP contribution in [0, 0.1) is 0 Å². The maximum Gasteiger partial charge on any atom is 0.0858 e. The van der Waals surface area contributed by atoms with E-state index in [-0.39, 0.29) is 6.10 Å². The Balaban J connectivity index is 1.99. The van der Waals surface area contributed by atoms with Crippen LogP contribution in [0.1, 0.15) is 31.7 Å². The average Bonchev–Trinajstić information content (AvgIpc) is 2.85. The summed E-state index contributed by atoms with van der Waals surface area (Å²) in [6.07, 6.45) is 3.42. The van der Waals surface area contributed by atoms with Crippen LogP contribution in [-0.4, -0.2) is 60.1 Å². The smallest absolute Gasteiger partial charge is 0.0858 e. The van der Waals surface area contributed by atoms with Crippen LogP contribution < -0.4 is 5.32 Å². The van der Waals surface area contributed by atoms with Crippen molar-refractivity contribution in [3.8, 4) is 0 Å². The summed E-state index contributed by atoms with van der Waals surface area (Å²) < 4.78 is 8.03. The molecule has 0 radical (unpaired) electrons. The van der Waals surface area contributed by atoms with Crippen molar-refractivity contribution in [1.29, 1.82) is 0 Å². The Morgan fingerprint density at radius 3 is 2.90 bits per heavy atom. The van der Waals surface area contributed by atoms with Gasteiger partial charge >= 0.3 is 0 Å². The lowest BCUT2D eigenvalue weighted by atomic mass is 10.0. The van der Waals surface area contributed by atoms with Crippen molar-refractivity contribution in [1.82, 2.24) is 20.0 Å². The number of nitrogens with one attached hydrogen (secondary N) is 1. The third kappa shape index (κ3) is 4.28. The van der Waals surface area contributed by atoms with Gasteiger partial charge in [0, 0.05) is 38.3 Å². The predicted molar refractivity (Wildman–Crippen MR) is 85.6 cm³/mol. The van der Waals surface area contributed by atoms with Crippen LogP contribution >= 0.6 is 0 Å². The molecular weight excluding hydrogens is 264 g/mol. The molecule has 1 aliphatic heterocycles. The molecule has 2 atom stereocenters. The molecule has 0 aromatic carbocycles. The summed E-state index contributed by atoms with van der Waals surface area (Å²) in [5.41, 5.74) is 2.45. The quantitative estimate of drug-likeness (QED) is 0.821. The molecule has 0 amide bonds. The number of hydrogen-bond acceptors (Lipinski definition) is 4. The zero-order chi connectivity index (χ0) is 15.2. The SMILES string of the molecule is CCCN1CCOC(C(Cc2cc(CC)nn2C)NC)C1. The minimum Gasteiger partial charge on any atom is -0.374 e. The number of aromatic nitrogens is 2. The van der Waals surface area contributed by atoms with Gasteiger partial charge in [0.05, 0.1) is 18.4 Å². The summed E-state index contributed by atoms with van der Waals surface area (Å²) in [5.74, 6) is 0. The lowest BCUT2D eigenvalue weighted by Gasteiger charge is -2.36. The largest absolute Gasteiger partial charge is 0.374 e. The number of morpholine rings is 1. The monoisotopic (exact) mass is 294 g/mol. The molecular formula is C16H30N4O. The molecule has 21 heavy (non-hydrogen) atoms. The summed E-state index contributed by atoms with van der Waals surface area (Å²) in [4.78, 5) is 2.51. The number of aryl methyl sites for hydroxylation is 2. The van der Waals surface area contributed by atoms with Crippen LogP contribution in [0.3, 0.4) is 0 Å². The Morgan fingerprint density at radius 1 is 1.48 bits per heavy atom. The van der Waals surface area contributed by atoms with E-state index in [2.05, 4.69) is 35.2 Å². The first-order chi connectivity index (χ1) is 10.2. The van der Waals surface area contributed by atoms with Crippen molar-refractivity contribution >= 4 is 0 Å². The van der Waals surface area contributed by atoms with E-state index in [0.29, 0.717) is 6.04 Å². The lowest BCUT2D eigenvalue weighted by Crippen LogP contribution is -2.52. The Kier molecular flexibility index (Phi) is 6.21. The minimum absolute atomic E-state index is 0.260. The number of nitrogens with zero attached hydrogens (tertiary/aromatic N) is 3. The van der Waals surface area contributed by atoms with E-state index in [1.54, 1.807) is 0 Å². The van der Waals surface area contributed by atoms with Gasteiger partial charge in [-0.1, -0.05) is 13.8 Å². The zero-order valence-electron chi connectivity index (χ0n) is 13.9. The number of likely N-dealkylation sites (N-methyl/N-ethyl adjacent to an activating group) is 1. The van der Waals surface area contributed by atoms with Gasteiger partial charge in [-0.25, -0.2) is 0 Å². The molecule has 0 bridgehead atoms. The molecule has 1 aliphatic rings. The summed E-state index contributed by atoms with van der Waals surface area (Å²) in [6, 6.07) is 2.56. The van der Waals surface area contributed by atoms with Gasteiger partial charge in [-0.2, -0.15) is 5.10 Å². The minimum atomic E-state index is 0.260. The van der Waals surface area contributed by atoms with E-state index in [9.17, 15) is 0 Å². The van der Waals surface area contributed by atoms with Crippen molar-refractivity contribution in [3.05, 3.63) is 17.5 Å². The Labute approximate surface area is 128 Å². The van der Waals surface area contributed by atoms with Gasteiger partial charge in [-0.05, 0) is 32.5 Å². The fourth-order valence-electron chi connectivity index (χ4n) is 3.07. The highest BCUT2D eigenvalue weighted by molar-refractivity contribution is 5.12. The van der Waals surface area contributed by atoms with Crippen molar-refractivity contribution in [3.63, 3.8) is 0 Å². The van der Waals surface area contributed by atoms with Crippen LogP contribution in [0.4, 0.5) is 0 Å². The van der Waals surface area contributed by atoms with Crippen LogP contribution in [0.15, 0.2) is 6.07 Å². The van der Waals surface area contributed by atoms with E-state index in [1.165, 1.54) is 24.4 Å². The first-order valence-electron chi connectivity index (χ1n) is 8.20. The van der Waals surface area contributed by atoms with Gasteiger partial charge < -0.3 is 10.1 Å². The Bertz CT molecular complexity index is 430. The first-order valence-corrected chi connectivity index (χ1v) is 8.20. The van der Waals surface area contributed by atoms with Crippen molar-refractivity contribution < 1.29 is 4.74 Å². The highest BCUT2D eigenvalue weighted by Crippen LogP contribution is 2.14. The van der Waals surface area contributed by atoms with Gasteiger partial charge in [0.15, 0.2) is 0 Å². The molecule has 2 heterocycles. The first kappa shape index (κ1) is 16.5. The van der Waals surface area contributed by atoms with Crippen LogP contribution in [-0.2, 0) is 24.6 Å². The van der Waals surface area contributed by atoms with E-state index >= 15 is 0 Å². The summed E-state index contributed by atoms with van der Waals surface area (Å²) in [6.45, 7) is 8.48. The topological polar surface area (TPSA) is 42.3 Å². The average molecular weight is 294 g/mol. The third-order valence-corrected chi connectivity index (χ3v) is 4.36. The third-order valence-electron chi connectivity index (χ3n) is 4.36. The second-order valence-electron chi connectivity index (χ2n) is 5.91. The standard InChI is InChI=1S/C16H30N4O/c1-5-7-20-8-9-21-16(12-20)15(17-3)11-14-10-13(6-2)18-19(14)4/h10,15-17H,5-9,11-12H2,1-4H3. The molecule has 0 spiro atoms. The number of rotatable bonds is 7. The molecule has 1 saturated heterocycles. The van der Waals surface area contributed by atoms with Gasteiger partial charge in [0.2, 0.25) is 0 Å². The fourth-order valence-corrected chi connectivity index (χ4v) is 3.07. The summed E-state index contributed by atoms with van der Waals surface area (Å²) in [5, 5.41) is 7.99. The van der Waals surface area contributed by atoms with Crippen molar-refractivity contribution in [2.45, 2.75) is 45.3 Å². The molecule has 1 aromatic rings. The second kappa shape index (κ2) is 7.92. The molecule has 1 aromatic heterocycles. The molecule has 1 N–H and O–H groups in total. The Morgan fingerprint density at radius 2 is 2.29 bits per heavy atom. The Hall–Kier alpha value is -0.910. The molecule has 0 aliphatic carbocycles. The van der Waals surface area contributed by atoms with E-state index in [4.69, 9.17) is 4.74 Å². The van der Waals surface area contributed by atoms with E-state index in [1.807, 2.05) is 18.8 Å². The normalized spacial score (nSPS) is 21.6. The predicted octanol–water partition coefficient (Wildman–Crippen LogP) is 1.22. The second-order valence-corrected chi connectivity index (χ2v) is 5.91. The zero-order valence-corrected chi connectivity index (χ0v) is 13.9. The molecule has 5 nitrogen and oxygen atoms in total.